The molecular weight excluding hydrogens is 412 g/mol. The average molecular weight is 433 g/mol. The number of hydrogen-bond donors (Lipinski definition) is 3. The number of nitrogens with two attached hydrogens (primary N) is 1. The fourth-order valence-corrected chi connectivity index (χ4v) is 4.75. The summed E-state index contributed by atoms with van der Waals surface area (Å²) >= 11 is 0. The molecule has 0 saturated heterocycles. The van der Waals surface area contributed by atoms with Crippen LogP contribution >= 0.6 is 0 Å². The molecule has 1 aromatic heterocycles. The molecule has 1 aliphatic rings. The van der Waals surface area contributed by atoms with E-state index in [0.29, 0.717) is 16.9 Å². The van der Waals surface area contributed by atoms with Gasteiger partial charge >= 0.3 is 0 Å². The zero-order valence-corrected chi connectivity index (χ0v) is 17.3. The standard InChI is InChI=1S/C23H20N4O3S/c24-31(29,30)17-6-3-5-15(12-17)22-20-13-16(9-11-21(20)26-27-22)25-23(28)19-10-8-14-4-1-2-7-18(14)19/h1-7,9,11-13,19H,8,10H2,(H,25,28)(H,26,27)(H2,24,29,30). The molecule has 7 nitrogen and oxygen atoms in total. The number of benzene rings is 3. The highest BCUT2D eigenvalue weighted by Gasteiger charge is 2.28. The molecular formula is C23H20N4O3S. The maximum absolute atomic E-state index is 12.9. The molecule has 156 valence electrons. The van der Waals surface area contributed by atoms with Gasteiger partial charge in [0, 0.05) is 16.6 Å². The quantitative estimate of drug-likeness (QED) is 0.457. The Morgan fingerprint density at radius 3 is 2.74 bits per heavy atom. The Bertz CT molecular complexity index is 1430. The molecule has 0 spiro atoms. The van der Waals surface area contributed by atoms with Crippen molar-refractivity contribution in [1.82, 2.24) is 10.2 Å². The van der Waals surface area contributed by atoms with Gasteiger partial charge in [-0.3, -0.25) is 9.89 Å². The molecule has 0 radical (unpaired) electrons. The van der Waals surface area contributed by atoms with Crippen LogP contribution in [-0.4, -0.2) is 24.5 Å². The summed E-state index contributed by atoms with van der Waals surface area (Å²) < 4.78 is 23.4. The Labute approximate surface area is 179 Å². The number of amides is 1. The predicted molar refractivity (Wildman–Crippen MR) is 119 cm³/mol. The molecule has 0 bridgehead atoms. The molecule has 0 aliphatic heterocycles. The second kappa shape index (κ2) is 7.33. The molecule has 1 unspecified atom stereocenters. The third kappa shape index (κ3) is 3.60. The van der Waals surface area contributed by atoms with Gasteiger partial charge in [-0.05, 0) is 54.3 Å². The molecule has 3 aromatic carbocycles. The van der Waals surface area contributed by atoms with E-state index in [1.807, 2.05) is 36.4 Å². The smallest absolute Gasteiger partial charge is 0.238 e. The summed E-state index contributed by atoms with van der Waals surface area (Å²) in [6.45, 7) is 0. The van der Waals surface area contributed by atoms with E-state index in [2.05, 4.69) is 21.6 Å². The highest BCUT2D eigenvalue weighted by molar-refractivity contribution is 7.89. The monoisotopic (exact) mass is 432 g/mol. The number of aryl methyl sites for hydroxylation is 1. The Balaban J connectivity index is 1.47. The van der Waals surface area contributed by atoms with Crippen LogP contribution in [0.1, 0.15) is 23.5 Å². The van der Waals surface area contributed by atoms with Gasteiger partial charge in [-0.1, -0.05) is 36.4 Å². The molecule has 5 rings (SSSR count). The van der Waals surface area contributed by atoms with Gasteiger partial charge in [0.25, 0.3) is 0 Å². The first-order chi connectivity index (χ1) is 14.9. The number of rotatable bonds is 4. The summed E-state index contributed by atoms with van der Waals surface area (Å²) in [5.74, 6) is -0.201. The third-order valence-corrected chi connectivity index (χ3v) is 6.63. The number of hydrogen-bond acceptors (Lipinski definition) is 4. The van der Waals surface area contributed by atoms with Crippen LogP contribution < -0.4 is 10.5 Å². The Morgan fingerprint density at radius 1 is 1.06 bits per heavy atom. The number of primary sulfonamides is 1. The van der Waals surface area contributed by atoms with Crippen molar-refractivity contribution in [3.05, 3.63) is 77.9 Å². The lowest BCUT2D eigenvalue weighted by atomic mass is 10.0. The van der Waals surface area contributed by atoms with E-state index in [9.17, 15) is 13.2 Å². The number of carbonyl (C=O) groups excluding carboxylic acids is 1. The first kappa shape index (κ1) is 19.5. The number of fused-ring (bicyclic) bond motifs is 2. The number of carbonyl (C=O) groups is 1. The molecule has 1 amide bonds. The fraction of sp³-hybridized carbons (Fsp3) is 0.130. The molecule has 31 heavy (non-hydrogen) atoms. The van der Waals surface area contributed by atoms with Gasteiger partial charge in [0.15, 0.2) is 0 Å². The SMILES string of the molecule is NS(=O)(=O)c1cccc(-c2n[nH]c3ccc(NC(=O)C4CCc5ccccc54)cc23)c1. The van der Waals surface area contributed by atoms with E-state index < -0.39 is 10.0 Å². The summed E-state index contributed by atoms with van der Waals surface area (Å²) in [5.41, 5.74) is 4.95. The van der Waals surface area contributed by atoms with Crippen molar-refractivity contribution in [3.63, 3.8) is 0 Å². The van der Waals surface area contributed by atoms with Crippen LogP contribution in [0.2, 0.25) is 0 Å². The molecule has 8 heteroatoms. The maximum atomic E-state index is 12.9. The van der Waals surface area contributed by atoms with Crippen molar-refractivity contribution in [2.45, 2.75) is 23.7 Å². The topological polar surface area (TPSA) is 118 Å². The van der Waals surface area contributed by atoms with Crippen LogP contribution in [0.25, 0.3) is 22.2 Å². The molecule has 4 aromatic rings. The van der Waals surface area contributed by atoms with E-state index in [1.165, 1.54) is 17.7 Å². The van der Waals surface area contributed by atoms with Crippen molar-refractivity contribution in [1.29, 1.82) is 0 Å². The number of aromatic nitrogens is 2. The van der Waals surface area contributed by atoms with E-state index in [1.54, 1.807) is 12.1 Å². The third-order valence-electron chi connectivity index (χ3n) is 5.72. The normalized spacial score (nSPS) is 15.7. The summed E-state index contributed by atoms with van der Waals surface area (Å²) in [4.78, 5) is 13.0. The minimum absolute atomic E-state index is 0.0190. The highest BCUT2D eigenvalue weighted by atomic mass is 32.2. The molecule has 1 atom stereocenters. The van der Waals surface area contributed by atoms with Crippen LogP contribution in [-0.2, 0) is 21.2 Å². The lowest BCUT2D eigenvalue weighted by molar-refractivity contribution is -0.117. The van der Waals surface area contributed by atoms with E-state index >= 15 is 0 Å². The van der Waals surface area contributed by atoms with Gasteiger partial charge in [0.1, 0.15) is 5.69 Å². The van der Waals surface area contributed by atoms with Crippen LogP contribution in [0, 0.1) is 0 Å². The molecule has 1 heterocycles. The van der Waals surface area contributed by atoms with Crippen molar-refractivity contribution >= 4 is 32.5 Å². The van der Waals surface area contributed by atoms with Crippen molar-refractivity contribution < 1.29 is 13.2 Å². The minimum Gasteiger partial charge on any atom is -0.326 e. The van der Waals surface area contributed by atoms with E-state index in [4.69, 9.17) is 5.14 Å². The number of aromatic amines is 1. The first-order valence-corrected chi connectivity index (χ1v) is 11.4. The Kier molecular flexibility index (Phi) is 4.60. The Morgan fingerprint density at radius 2 is 1.90 bits per heavy atom. The van der Waals surface area contributed by atoms with Crippen LogP contribution in [0.15, 0.2) is 71.6 Å². The summed E-state index contributed by atoms with van der Waals surface area (Å²) in [6.07, 6.45) is 1.70. The van der Waals surface area contributed by atoms with Gasteiger partial charge in [-0.15, -0.1) is 0 Å². The first-order valence-electron chi connectivity index (χ1n) is 9.90. The zero-order chi connectivity index (χ0) is 21.6. The summed E-state index contributed by atoms with van der Waals surface area (Å²) in [5, 5.41) is 16.4. The Hall–Kier alpha value is -3.49. The molecule has 4 N–H and O–H groups in total. The number of nitrogens with one attached hydrogen (secondary N) is 2. The van der Waals surface area contributed by atoms with Crippen LogP contribution in [0.3, 0.4) is 0 Å². The van der Waals surface area contributed by atoms with Gasteiger partial charge in [0.2, 0.25) is 15.9 Å². The number of nitrogens with zero attached hydrogens (tertiary/aromatic N) is 1. The minimum atomic E-state index is -3.82. The zero-order valence-electron chi connectivity index (χ0n) is 16.5. The molecule has 0 fully saturated rings. The van der Waals surface area contributed by atoms with Gasteiger partial charge in [-0.2, -0.15) is 5.10 Å². The van der Waals surface area contributed by atoms with E-state index in [0.717, 1.165) is 29.3 Å². The van der Waals surface area contributed by atoms with Crippen LogP contribution in [0.5, 0.6) is 0 Å². The lowest BCUT2D eigenvalue weighted by Crippen LogP contribution is -2.19. The van der Waals surface area contributed by atoms with Crippen LogP contribution in [0.4, 0.5) is 5.69 Å². The van der Waals surface area contributed by atoms with E-state index in [-0.39, 0.29) is 16.7 Å². The number of H-pyrrole nitrogens is 1. The van der Waals surface area contributed by atoms with Crippen molar-refractivity contribution in [2.75, 3.05) is 5.32 Å². The number of sulfonamides is 1. The summed E-state index contributed by atoms with van der Waals surface area (Å²) in [7, 11) is -3.82. The lowest BCUT2D eigenvalue weighted by Gasteiger charge is -2.12. The second-order valence-corrected chi connectivity index (χ2v) is 9.25. The molecule has 0 saturated carbocycles. The average Bonchev–Trinajstić information content (AvgIpc) is 3.37. The molecule has 1 aliphatic carbocycles. The van der Waals surface area contributed by atoms with Gasteiger partial charge < -0.3 is 5.32 Å². The second-order valence-electron chi connectivity index (χ2n) is 7.68. The predicted octanol–water partition coefficient (Wildman–Crippen LogP) is 3.55. The van der Waals surface area contributed by atoms with Crippen molar-refractivity contribution in [3.8, 4) is 11.3 Å². The fourth-order valence-electron chi connectivity index (χ4n) is 4.19. The van der Waals surface area contributed by atoms with Crippen molar-refractivity contribution in [2.24, 2.45) is 5.14 Å². The van der Waals surface area contributed by atoms with Gasteiger partial charge in [-0.25, -0.2) is 13.6 Å². The maximum Gasteiger partial charge on any atom is 0.238 e. The highest BCUT2D eigenvalue weighted by Crippen LogP contribution is 2.34. The van der Waals surface area contributed by atoms with Gasteiger partial charge in [0.05, 0.1) is 16.3 Å². The number of anilines is 1. The summed E-state index contributed by atoms with van der Waals surface area (Å²) in [6, 6.07) is 19.9. The largest absolute Gasteiger partial charge is 0.326 e.